The van der Waals surface area contributed by atoms with Gasteiger partial charge in [-0.3, -0.25) is 19.8 Å². The van der Waals surface area contributed by atoms with E-state index in [0.29, 0.717) is 11.7 Å². The van der Waals surface area contributed by atoms with E-state index < -0.39 is 12.1 Å². The fourth-order valence-electron chi connectivity index (χ4n) is 2.64. The van der Waals surface area contributed by atoms with Gasteiger partial charge in [-0.15, -0.1) is 0 Å². The second-order valence-corrected chi connectivity index (χ2v) is 5.80. The minimum absolute atomic E-state index is 0.0910. The van der Waals surface area contributed by atoms with Crippen molar-refractivity contribution < 1.29 is 19.1 Å². The second-order valence-electron chi connectivity index (χ2n) is 5.80. The normalized spacial score (nSPS) is 16.5. The van der Waals surface area contributed by atoms with Crippen molar-refractivity contribution in [1.82, 2.24) is 20.2 Å². The molecule has 0 spiro atoms. The molecule has 1 unspecified atom stereocenters. The van der Waals surface area contributed by atoms with Crippen molar-refractivity contribution in [2.75, 3.05) is 12.4 Å². The van der Waals surface area contributed by atoms with E-state index in [-0.39, 0.29) is 31.2 Å². The number of urea groups is 1. The lowest BCUT2D eigenvalue weighted by molar-refractivity contribution is -0.128. The predicted octanol–water partition coefficient (Wildman–Crippen LogP) is 1.26. The summed E-state index contributed by atoms with van der Waals surface area (Å²) >= 11 is 0. The minimum Gasteiger partial charge on any atom is -0.497 e. The SMILES string of the molecule is COc1ccc(CN2C(=O)NC(CCC(=O)Nc3ncc[nH]3)C2=O)cc1. The Labute approximate surface area is 149 Å². The Bertz CT molecular complexity index is 788. The molecule has 1 aliphatic rings. The molecule has 9 heteroatoms. The molecule has 4 amide bonds. The molecule has 0 radical (unpaired) electrons. The van der Waals surface area contributed by atoms with Crippen LogP contribution in [0.2, 0.25) is 0 Å². The Kier molecular flexibility index (Phi) is 5.16. The summed E-state index contributed by atoms with van der Waals surface area (Å²) in [7, 11) is 1.57. The summed E-state index contributed by atoms with van der Waals surface area (Å²) < 4.78 is 5.09. The quantitative estimate of drug-likeness (QED) is 0.645. The van der Waals surface area contributed by atoms with E-state index in [2.05, 4.69) is 20.6 Å². The smallest absolute Gasteiger partial charge is 0.325 e. The van der Waals surface area contributed by atoms with Gasteiger partial charge in [-0.2, -0.15) is 0 Å². The molecule has 1 saturated heterocycles. The highest BCUT2D eigenvalue weighted by Gasteiger charge is 2.37. The summed E-state index contributed by atoms with van der Waals surface area (Å²) in [5.41, 5.74) is 0.811. The van der Waals surface area contributed by atoms with E-state index in [1.54, 1.807) is 37.6 Å². The van der Waals surface area contributed by atoms with E-state index in [1.165, 1.54) is 6.20 Å². The lowest BCUT2D eigenvalue weighted by Gasteiger charge is -2.13. The Balaban J connectivity index is 1.53. The first-order valence-electron chi connectivity index (χ1n) is 8.11. The molecule has 1 aromatic carbocycles. The van der Waals surface area contributed by atoms with E-state index >= 15 is 0 Å². The summed E-state index contributed by atoms with van der Waals surface area (Å²) in [5.74, 6) is 0.427. The van der Waals surface area contributed by atoms with Crippen molar-refractivity contribution in [3.05, 3.63) is 42.2 Å². The Morgan fingerprint density at radius 3 is 2.73 bits per heavy atom. The molecule has 0 bridgehead atoms. The molecule has 0 saturated carbocycles. The van der Waals surface area contributed by atoms with Crippen LogP contribution in [0.3, 0.4) is 0 Å². The summed E-state index contributed by atoms with van der Waals surface area (Å²) in [6.07, 6.45) is 3.42. The molecule has 1 aromatic heterocycles. The third-order valence-corrected chi connectivity index (χ3v) is 4.02. The van der Waals surface area contributed by atoms with Crippen molar-refractivity contribution in [3.63, 3.8) is 0 Å². The fourth-order valence-corrected chi connectivity index (χ4v) is 2.64. The Morgan fingerprint density at radius 1 is 1.31 bits per heavy atom. The summed E-state index contributed by atoms with van der Waals surface area (Å²) in [4.78, 5) is 44.2. The van der Waals surface area contributed by atoms with Crippen LogP contribution in [0.25, 0.3) is 0 Å². The number of hydrogen-bond acceptors (Lipinski definition) is 5. The van der Waals surface area contributed by atoms with Crippen LogP contribution in [0, 0.1) is 0 Å². The second kappa shape index (κ2) is 7.68. The van der Waals surface area contributed by atoms with Gasteiger partial charge in [0.1, 0.15) is 11.8 Å². The third-order valence-electron chi connectivity index (χ3n) is 4.02. The number of aromatic nitrogens is 2. The number of methoxy groups -OCH3 is 1. The number of rotatable bonds is 7. The summed E-state index contributed by atoms with van der Waals surface area (Å²) in [5, 5.41) is 5.20. The molecule has 3 N–H and O–H groups in total. The van der Waals surface area contributed by atoms with Gasteiger partial charge >= 0.3 is 6.03 Å². The Morgan fingerprint density at radius 2 is 2.08 bits per heavy atom. The zero-order chi connectivity index (χ0) is 18.5. The topological polar surface area (TPSA) is 116 Å². The number of nitrogens with one attached hydrogen (secondary N) is 3. The van der Waals surface area contributed by atoms with Crippen molar-refractivity contribution >= 4 is 23.8 Å². The first-order valence-corrected chi connectivity index (χ1v) is 8.11. The summed E-state index contributed by atoms with van der Waals surface area (Å²) in [6.45, 7) is 0.170. The molecule has 1 aliphatic heterocycles. The van der Waals surface area contributed by atoms with Crippen LogP contribution in [-0.4, -0.2) is 45.9 Å². The maximum atomic E-state index is 12.4. The van der Waals surface area contributed by atoms with E-state index in [0.717, 1.165) is 10.5 Å². The maximum Gasteiger partial charge on any atom is 0.325 e. The number of anilines is 1. The van der Waals surface area contributed by atoms with Crippen molar-refractivity contribution in [1.29, 1.82) is 0 Å². The maximum absolute atomic E-state index is 12.4. The minimum atomic E-state index is -0.705. The number of carbonyl (C=O) groups is 3. The standard InChI is InChI=1S/C17H19N5O4/c1-26-12-4-2-11(3-5-12)10-22-15(24)13(20-17(22)25)6-7-14(23)21-16-18-8-9-19-16/h2-5,8-9,13H,6-7,10H2,1H3,(H,20,25)(H2,18,19,21,23). The Hall–Kier alpha value is -3.36. The molecule has 9 nitrogen and oxygen atoms in total. The highest BCUT2D eigenvalue weighted by Crippen LogP contribution is 2.17. The van der Waals surface area contributed by atoms with Crippen LogP contribution in [0.4, 0.5) is 10.7 Å². The van der Waals surface area contributed by atoms with Crippen molar-refractivity contribution in [2.45, 2.75) is 25.4 Å². The first-order chi connectivity index (χ1) is 12.6. The average Bonchev–Trinajstić information content (AvgIpc) is 3.24. The average molecular weight is 357 g/mol. The number of amides is 4. The van der Waals surface area contributed by atoms with Gasteiger partial charge in [0, 0.05) is 18.8 Å². The number of hydrogen-bond donors (Lipinski definition) is 3. The van der Waals surface area contributed by atoms with Gasteiger partial charge in [-0.05, 0) is 24.1 Å². The lowest BCUT2D eigenvalue weighted by Crippen LogP contribution is -2.31. The van der Waals surface area contributed by atoms with Crippen LogP contribution >= 0.6 is 0 Å². The molecule has 2 aromatic rings. The molecular weight excluding hydrogens is 338 g/mol. The molecule has 136 valence electrons. The number of ether oxygens (including phenoxy) is 1. The fraction of sp³-hybridized carbons (Fsp3) is 0.294. The number of nitrogens with zero attached hydrogens (tertiary/aromatic N) is 2. The van der Waals surface area contributed by atoms with Gasteiger partial charge in [0.25, 0.3) is 5.91 Å². The first kappa shape index (κ1) is 17.5. The number of benzene rings is 1. The van der Waals surface area contributed by atoms with Gasteiger partial charge in [-0.25, -0.2) is 9.78 Å². The molecule has 3 rings (SSSR count). The molecule has 1 fully saturated rings. The van der Waals surface area contributed by atoms with E-state index in [9.17, 15) is 14.4 Å². The number of imidazole rings is 1. The monoisotopic (exact) mass is 357 g/mol. The highest BCUT2D eigenvalue weighted by atomic mass is 16.5. The predicted molar refractivity (Wildman–Crippen MR) is 92.3 cm³/mol. The number of H-pyrrole nitrogens is 1. The highest BCUT2D eigenvalue weighted by molar-refractivity contribution is 6.04. The molecule has 0 aliphatic carbocycles. The number of carbonyl (C=O) groups excluding carboxylic acids is 3. The zero-order valence-electron chi connectivity index (χ0n) is 14.2. The molecule has 26 heavy (non-hydrogen) atoms. The van der Waals surface area contributed by atoms with Gasteiger partial charge in [0.2, 0.25) is 11.9 Å². The number of aromatic amines is 1. The summed E-state index contributed by atoms with van der Waals surface area (Å²) in [6, 6.07) is 5.96. The van der Waals surface area contributed by atoms with Gasteiger partial charge in [-0.1, -0.05) is 12.1 Å². The van der Waals surface area contributed by atoms with Crippen LogP contribution in [0.15, 0.2) is 36.7 Å². The molecule has 1 atom stereocenters. The van der Waals surface area contributed by atoms with Crippen molar-refractivity contribution in [2.24, 2.45) is 0 Å². The van der Waals surface area contributed by atoms with Crippen LogP contribution in [0.1, 0.15) is 18.4 Å². The lowest BCUT2D eigenvalue weighted by atomic mass is 10.1. The van der Waals surface area contributed by atoms with Gasteiger partial charge in [0.05, 0.1) is 13.7 Å². The van der Waals surface area contributed by atoms with Crippen molar-refractivity contribution in [3.8, 4) is 5.75 Å². The molecule has 2 heterocycles. The van der Waals surface area contributed by atoms with Gasteiger partial charge < -0.3 is 15.0 Å². The van der Waals surface area contributed by atoms with Crippen LogP contribution < -0.4 is 15.4 Å². The van der Waals surface area contributed by atoms with E-state index in [4.69, 9.17) is 4.74 Å². The van der Waals surface area contributed by atoms with Crippen LogP contribution in [0.5, 0.6) is 5.75 Å². The zero-order valence-corrected chi connectivity index (χ0v) is 14.2. The van der Waals surface area contributed by atoms with Crippen LogP contribution in [-0.2, 0) is 16.1 Å². The van der Waals surface area contributed by atoms with E-state index in [1.807, 2.05) is 0 Å². The van der Waals surface area contributed by atoms with Gasteiger partial charge in [0.15, 0.2) is 0 Å². The number of imide groups is 1. The third kappa shape index (κ3) is 4.00. The largest absolute Gasteiger partial charge is 0.497 e. The molecular formula is C17H19N5O4.